The van der Waals surface area contributed by atoms with E-state index in [4.69, 9.17) is 9.47 Å². The average Bonchev–Trinajstić information content (AvgIpc) is 3.12. The maximum atomic E-state index is 14.4. The van der Waals surface area contributed by atoms with Crippen molar-refractivity contribution in [3.8, 4) is 5.75 Å². The molecule has 3 fully saturated rings. The molecule has 3 aromatic rings. The summed E-state index contributed by atoms with van der Waals surface area (Å²) < 4.78 is 187. The van der Waals surface area contributed by atoms with E-state index in [2.05, 4.69) is 16.5 Å². The minimum Gasteiger partial charge on any atom is -0.497 e. The third-order valence-corrected chi connectivity index (χ3v) is 9.94. The van der Waals surface area contributed by atoms with Crippen LogP contribution < -0.4 is 4.74 Å². The number of rotatable bonds is 13. The maximum absolute atomic E-state index is 14.4. The zero-order chi connectivity index (χ0) is 39.4. The van der Waals surface area contributed by atoms with Crippen molar-refractivity contribution in [2.45, 2.75) is 73.6 Å². The first-order valence-corrected chi connectivity index (χ1v) is 16.1. The van der Waals surface area contributed by atoms with Crippen LogP contribution in [-0.2, 0) is 11.2 Å². The molecular weight excluding hydrogens is 743 g/mol. The van der Waals surface area contributed by atoms with Crippen molar-refractivity contribution < 1.29 is 71.3 Å². The summed E-state index contributed by atoms with van der Waals surface area (Å²) in [5.41, 5.74) is 0.687. The van der Waals surface area contributed by atoms with E-state index in [0.717, 1.165) is 30.7 Å². The number of alkyl halides is 13. The lowest BCUT2D eigenvalue weighted by atomic mass is 9.73. The van der Waals surface area contributed by atoms with E-state index in [-0.39, 0.29) is 29.0 Å². The van der Waals surface area contributed by atoms with Gasteiger partial charge in [0.15, 0.2) is 0 Å². The molecule has 3 aliphatic heterocycles. The SMILES string of the molecule is C=CC1CN2CCC1C[C@H]2[C@H](OC(=O)c1ccc(CCC(F)(F)C(F)(F)C(F)(F)C(F)(F)C(F)(F)C(F)(F)F)cc1)c1ccnc2ccc(OC)cc12. The van der Waals surface area contributed by atoms with E-state index in [0.29, 0.717) is 41.7 Å². The van der Waals surface area contributed by atoms with E-state index in [1.54, 1.807) is 30.5 Å². The molecule has 5 nitrogen and oxygen atoms in total. The lowest BCUT2D eigenvalue weighted by molar-refractivity contribution is -0.440. The number of esters is 1. The molecule has 53 heavy (non-hydrogen) atoms. The molecule has 6 rings (SSSR count). The number of hydrogen-bond acceptors (Lipinski definition) is 5. The molecule has 4 heterocycles. The van der Waals surface area contributed by atoms with Crippen LogP contribution in [0.3, 0.4) is 0 Å². The summed E-state index contributed by atoms with van der Waals surface area (Å²) in [5.74, 6) is -37.1. The highest BCUT2D eigenvalue weighted by Gasteiger charge is 2.90. The van der Waals surface area contributed by atoms with Gasteiger partial charge in [-0.05, 0) is 79.6 Å². The van der Waals surface area contributed by atoms with Crippen LogP contribution in [0.25, 0.3) is 10.9 Å². The van der Waals surface area contributed by atoms with Crippen LogP contribution in [0.1, 0.15) is 46.9 Å². The molecule has 3 saturated heterocycles. The van der Waals surface area contributed by atoms with Crippen molar-refractivity contribution in [2.75, 3.05) is 20.2 Å². The fourth-order valence-electron chi connectivity index (χ4n) is 6.81. The highest BCUT2D eigenvalue weighted by atomic mass is 19.4. The molecule has 18 heteroatoms. The molecule has 0 amide bonds. The van der Waals surface area contributed by atoms with Crippen molar-refractivity contribution >= 4 is 16.9 Å². The molecule has 3 unspecified atom stereocenters. The van der Waals surface area contributed by atoms with Crippen LogP contribution in [0, 0.1) is 11.8 Å². The molecular formula is C35H31F13N2O3. The molecule has 0 spiro atoms. The lowest BCUT2D eigenvalue weighted by Gasteiger charge is -2.51. The van der Waals surface area contributed by atoms with Gasteiger partial charge < -0.3 is 9.47 Å². The van der Waals surface area contributed by atoms with Gasteiger partial charge in [0.2, 0.25) is 0 Å². The van der Waals surface area contributed by atoms with Crippen LogP contribution in [0.15, 0.2) is 67.4 Å². The molecule has 290 valence electrons. The third-order valence-electron chi connectivity index (χ3n) is 9.94. The first-order valence-electron chi connectivity index (χ1n) is 16.1. The standard InChI is InChI=1S/C35H31F13N2O3/c1-3-20-18-50-15-12-22(20)16-27(50)28(24-11-14-49-26-9-8-23(52-2)17-25(24)26)53-29(51)21-6-4-19(5-7-21)10-13-30(36,37)31(38,39)32(40,41)33(42,43)34(44,45)35(46,47)48/h3-9,11,14,17,20,22,27-28H,1,10,12-13,15-16,18H2,2H3/t20?,22?,27-,28+/m0/s1. The van der Waals surface area contributed by atoms with Crippen LogP contribution in [-0.4, -0.2) is 77.9 Å². The number of hydrogen-bond donors (Lipinski definition) is 0. The number of piperidine rings is 3. The first-order chi connectivity index (χ1) is 24.5. The number of carbonyl (C=O) groups is 1. The summed E-state index contributed by atoms with van der Waals surface area (Å²) in [6.45, 7) is 5.29. The highest BCUT2D eigenvalue weighted by Crippen LogP contribution is 2.60. The molecule has 0 radical (unpaired) electrons. The number of benzene rings is 2. The number of methoxy groups -OCH3 is 1. The lowest BCUT2D eigenvalue weighted by Crippen LogP contribution is -2.70. The number of aryl methyl sites for hydroxylation is 1. The molecule has 0 N–H and O–H groups in total. The number of nitrogens with zero attached hydrogens (tertiary/aromatic N) is 2. The number of carbonyl (C=O) groups excluding carboxylic acids is 1. The Hall–Kier alpha value is -4.09. The summed E-state index contributed by atoms with van der Waals surface area (Å²) in [4.78, 5) is 20.1. The zero-order valence-electron chi connectivity index (χ0n) is 27.6. The van der Waals surface area contributed by atoms with E-state index in [1.807, 2.05) is 6.08 Å². The van der Waals surface area contributed by atoms with Crippen molar-refractivity contribution in [1.29, 1.82) is 0 Å². The first kappa shape index (κ1) is 40.1. The smallest absolute Gasteiger partial charge is 0.460 e. The fourth-order valence-corrected chi connectivity index (χ4v) is 6.81. The quantitative estimate of drug-likeness (QED) is 0.0984. The predicted octanol–water partition coefficient (Wildman–Crippen LogP) is 9.71. The van der Waals surface area contributed by atoms with Gasteiger partial charge in [-0.3, -0.25) is 9.88 Å². The Morgan fingerprint density at radius 1 is 0.906 bits per heavy atom. The fraction of sp³-hybridized carbons (Fsp3) is 0.486. The van der Waals surface area contributed by atoms with Crippen LogP contribution in [0.5, 0.6) is 5.75 Å². The van der Waals surface area contributed by atoms with Crippen LogP contribution >= 0.6 is 0 Å². The van der Waals surface area contributed by atoms with Crippen LogP contribution in [0.2, 0.25) is 0 Å². The van der Waals surface area contributed by atoms with Gasteiger partial charge >= 0.3 is 41.8 Å². The molecule has 2 bridgehead atoms. The van der Waals surface area contributed by atoms with Gasteiger partial charge in [-0.1, -0.05) is 18.2 Å². The average molecular weight is 775 g/mol. The summed E-state index contributed by atoms with van der Waals surface area (Å²) in [7, 11) is 1.47. The Morgan fingerprint density at radius 2 is 1.55 bits per heavy atom. The minimum absolute atomic E-state index is 0.160. The van der Waals surface area contributed by atoms with E-state index < -0.39 is 60.7 Å². The Kier molecular flexibility index (Phi) is 10.6. The van der Waals surface area contributed by atoms with Gasteiger partial charge in [0, 0.05) is 30.1 Å². The van der Waals surface area contributed by atoms with E-state index >= 15 is 0 Å². The number of fused-ring (bicyclic) bond motifs is 4. The number of halogens is 13. The van der Waals surface area contributed by atoms with E-state index in [9.17, 15) is 61.9 Å². The predicted molar refractivity (Wildman–Crippen MR) is 164 cm³/mol. The summed E-state index contributed by atoms with van der Waals surface area (Å²) >= 11 is 0. The Bertz CT molecular complexity index is 1810. The van der Waals surface area contributed by atoms with Gasteiger partial charge in [0.05, 0.1) is 24.2 Å². The van der Waals surface area contributed by atoms with Crippen molar-refractivity contribution in [2.24, 2.45) is 11.8 Å². The number of aromatic nitrogens is 1. The van der Waals surface area contributed by atoms with Gasteiger partial charge in [-0.2, -0.15) is 57.1 Å². The number of pyridine rings is 1. The van der Waals surface area contributed by atoms with Gasteiger partial charge in [-0.15, -0.1) is 6.58 Å². The molecule has 2 aromatic carbocycles. The summed E-state index contributed by atoms with van der Waals surface area (Å²) in [5, 5.41) is 0.631. The molecule has 1 aromatic heterocycles. The Morgan fingerprint density at radius 3 is 2.11 bits per heavy atom. The van der Waals surface area contributed by atoms with Crippen molar-refractivity contribution in [1.82, 2.24) is 9.88 Å². The molecule has 3 aliphatic rings. The van der Waals surface area contributed by atoms with Gasteiger partial charge in [-0.25, -0.2) is 4.79 Å². The maximum Gasteiger partial charge on any atom is 0.460 e. The highest BCUT2D eigenvalue weighted by molar-refractivity contribution is 5.90. The summed E-state index contributed by atoms with van der Waals surface area (Å²) in [6, 6.07) is 10.5. The zero-order valence-corrected chi connectivity index (χ0v) is 27.6. The largest absolute Gasteiger partial charge is 0.497 e. The number of ether oxygens (including phenoxy) is 2. The topological polar surface area (TPSA) is 51.7 Å². The van der Waals surface area contributed by atoms with Gasteiger partial charge in [0.1, 0.15) is 11.9 Å². The molecule has 5 atom stereocenters. The molecule has 0 aliphatic carbocycles. The van der Waals surface area contributed by atoms with Gasteiger partial charge in [0.25, 0.3) is 0 Å². The van der Waals surface area contributed by atoms with E-state index in [1.165, 1.54) is 7.11 Å². The Labute approximate surface area is 293 Å². The van der Waals surface area contributed by atoms with Crippen molar-refractivity contribution in [3.63, 3.8) is 0 Å². The third kappa shape index (κ3) is 6.91. The minimum atomic E-state index is -7.96. The second-order valence-electron chi connectivity index (χ2n) is 13.1. The Balaban J connectivity index is 1.36. The normalized spacial score (nSPS) is 22.1. The second-order valence-corrected chi connectivity index (χ2v) is 13.1. The summed E-state index contributed by atoms with van der Waals surface area (Å²) in [6.07, 6.45) is -7.05. The van der Waals surface area contributed by atoms with Crippen molar-refractivity contribution in [3.05, 3.63) is 84.1 Å². The van der Waals surface area contributed by atoms with Crippen LogP contribution in [0.4, 0.5) is 57.1 Å². The molecule has 0 saturated carbocycles. The second kappa shape index (κ2) is 14.0. The monoisotopic (exact) mass is 774 g/mol.